The van der Waals surface area contributed by atoms with Crippen LogP contribution in [0.2, 0.25) is 0 Å². The van der Waals surface area contributed by atoms with Crippen LogP contribution in [-0.4, -0.2) is 57.3 Å². The average molecular weight is 629 g/mol. The second-order valence-corrected chi connectivity index (χ2v) is 11.5. The highest BCUT2D eigenvalue weighted by Crippen LogP contribution is 2.36. The standard InChI is InChI=1S/C31H28N6O5S2/c1-40-21-13-11-20(12-14-21)24-17-22(27-10-6-16-43-27)35-37(24)29(38)19-44-31-34-33-28(18-32-30(39)26-9-5-15-42-26)36(31)23-7-3-4-8-25(23)41-2/h3-16,24H,17-19H2,1-2H3,(H,32,39). The fourth-order valence-corrected chi connectivity index (χ4v) is 6.37. The van der Waals surface area contributed by atoms with Gasteiger partial charge < -0.3 is 19.2 Å². The molecule has 3 aromatic heterocycles. The van der Waals surface area contributed by atoms with Crippen molar-refractivity contribution < 1.29 is 23.5 Å². The van der Waals surface area contributed by atoms with Crippen LogP contribution in [0.15, 0.2) is 99.1 Å². The molecule has 0 bridgehead atoms. The van der Waals surface area contributed by atoms with E-state index < -0.39 is 0 Å². The Morgan fingerprint density at radius 1 is 1.02 bits per heavy atom. The highest BCUT2D eigenvalue weighted by Gasteiger charge is 2.34. The van der Waals surface area contributed by atoms with Gasteiger partial charge in [0.15, 0.2) is 16.7 Å². The maximum absolute atomic E-state index is 13.8. The lowest BCUT2D eigenvalue weighted by Crippen LogP contribution is -2.28. The number of amides is 2. The third-order valence-corrected chi connectivity index (χ3v) is 8.81. The quantitative estimate of drug-likeness (QED) is 0.195. The molecule has 11 nitrogen and oxygen atoms in total. The van der Waals surface area contributed by atoms with Crippen molar-refractivity contribution >= 4 is 40.6 Å². The van der Waals surface area contributed by atoms with Crippen LogP contribution in [0.1, 0.15) is 39.3 Å². The molecule has 6 rings (SSSR count). The van der Waals surface area contributed by atoms with Gasteiger partial charge in [0.05, 0.1) is 55.1 Å². The Hall–Kier alpha value is -4.88. The first-order valence-electron chi connectivity index (χ1n) is 13.6. The van der Waals surface area contributed by atoms with E-state index >= 15 is 0 Å². The lowest BCUT2D eigenvalue weighted by atomic mass is 10.0. The first-order chi connectivity index (χ1) is 21.6. The van der Waals surface area contributed by atoms with E-state index in [1.165, 1.54) is 18.0 Å². The summed E-state index contributed by atoms with van der Waals surface area (Å²) in [5.74, 6) is 1.47. The van der Waals surface area contributed by atoms with Gasteiger partial charge >= 0.3 is 0 Å². The van der Waals surface area contributed by atoms with Crippen molar-refractivity contribution in [3.05, 3.63) is 106 Å². The maximum atomic E-state index is 13.8. The van der Waals surface area contributed by atoms with Gasteiger partial charge in [-0.15, -0.1) is 21.5 Å². The van der Waals surface area contributed by atoms with Gasteiger partial charge in [-0.25, -0.2) is 5.01 Å². The van der Waals surface area contributed by atoms with Gasteiger partial charge in [-0.3, -0.25) is 14.2 Å². The second kappa shape index (κ2) is 13.2. The van der Waals surface area contributed by atoms with E-state index in [1.54, 1.807) is 47.3 Å². The molecule has 13 heteroatoms. The monoisotopic (exact) mass is 628 g/mol. The zero-order chi connectivity index (χ0) is 30.5. The van der Waals surface area contributed by atoms with Crippen molar-refractivity contribution in [2.75, 3.05) is 20.0 Å². The van der Waals surface area contributed by atoms with Gasteiger partial charge in [0.25, 0.3) is 11.8 Å². The third kappa shape index (κ3) is 6.10. The topological polar surface area (TPSA) is 124 Å². The summed E-state index contributed by atoms with van der Waals surface area (Å²) in [5.41, 5.74) is 2.50. The molecule has 1 aliphatic rings. The van der Waals surface area contributed by atoms with Gasteiger partial charge in [-0.2, -0.15) is 5.10 Å². The largest absolute Gasteiger partial charge is 0.497 e. The number of ether oxygens (including phenoxy) is 2. The van der Waals surface area contributed by atoms with Gasteiger partial charge in [0.1, 0.15) is 11.5 Å². The first-order valence-corrected chi connectivity index (χ1v) is 15.5. The molecule has 0 saturated heterocycles. The highest BCUT2D eigenvalue weighted by atomic mass is 32.2. The Labute approximate surface area is 261 Å². The molecule has 224 valence electrons. The number of furan rings is 1. The minimum Gasteiger partial charge on any atom is -0.497 e. The molecule has 5 aromatic rings. The van der Waals surface area contributed by atoms with E-state index in [9.17, 15) is 9.59 Å². The van der Waals surface area contributed by atoms with Crippen molar-refractivity contribution in [3.63, 3.8) is 0 Å². The van der Waals surface area contributed by atoms with Crippen molar-refractivity contribution in [2.45, 2.75) is 24.2 Å². The van der Waals surface area contributed by atoms with Crippen molar-refractivity contribution in [1.29, 1.82) is 0 Å². The van der Waals surface area contributed by atoms with Crippen LogP contribution in [0.4, 0.5) is 0 Å². The Morgan fingerprint density at radius 3 is 2.59 bits per heavy atom. The molecule has 4 heterocycles. The summed E-state index contributed by atoms with van der Waals surface area (Å²) in [4.78, 5) is 27.4. The molecular weight excluding hydrogens is 601 g/mol. The molecule has 1 aliphatic heterocycles. The Kier molecular flexibility index (Phi) is 8.75. The summed E-state index contributed by atoms with van der Waals surface area (Å²) < 4.78 is 17.9. The van der Waals surface area contributed by atoms with Crippen molar-refractivity contribution in [1.82, 2.24) is 25.1 Å². The molecule has 44 heavy (non-hydrogen) atoms. The predicted molar refractivity (Wildman–Crippen MR) is 167 cm³/mol. The molecular formula is C31H28N6O5S2. The number of para-hydroxylation sites is 2. The number of carbonyl (C=O) groups is 2. The molecule has 0 aliphatic carbocycles. The van der Waals surface area contributed by atoms with E-state index in [1.807, 2.05) is 66.0 Å². The molecule has 0 fully saturated rings. The third-order valence-electron chi connectivity index (χ3n) is 6.98. The number of rotatable bonds is 11. The van der Waals surface area contributed by atoms with Gasteiger partial charge in [-0.1, -0.05) is 42.1 Å². The number of nitrogens with one attached hydrogen (secondary N) is 1. The number of nitrogens with zero attached hydrogens (tertiary/aromatic N) is 5. The zero-order valence-electron chi connectivity index (χ0n) is 23.9. The fraction of sp³-hybridized carbons (Fsp3) is 0.194. The molecule has 1 unspecified atom stereocenters. The molecule has 1 atom stereocenters. The van der Waals surface area contributed by atoms with Crippen LogP contribution < -0.4 is 14.8 Å². The maximum Gasteiger partial charge on any atom is 0.287 e. The summed E-state index contributed by atoms with van der Waals surface area (Å²) >= 11 is 2.83. The van der Waals surface area contributed by atoms with Crippen LogP contribution in [0.3, 0.4) is 0 Å². The summed E-state index contributed by atoms with van der Waals surface area (Å²) in [7, 11) is 3.20. The van der Waals surface area contributed by atoms with Crippen molar-refractivity contribution in [2.24, 2.45) is 5.10 Å². The fourth-order valence-electron chi connectivity index (χ4n) is 4.83. The molecule has 0 saturated carbocycles. The number of thiophene rings is 1. The SMILES string of the molecule is COc1ccc(C2CC(c3cccs3)=NN2C(=O)CSc2nnc(CNC(=O)c3ccco3)n2-c2ccccc2OC)cc1. The minimum absolute atomic E-state index is 0.0555. The summed E-state index contributed by atoms with van der Waals surface area (Å²) in [6.07, 6.45) is 2.03. The summed E-state index contributed by atoms with van der Waals surface area (Å²) in [5, 5.41) is 20.4. The summed E-state index contributed by atoms with van der Waals surface area (Å²) in [6, 6.07) is 22.1. The Morgan fingerprint density at radius 2 is 1.86 bits per heavy atom. The van der Waals surface area contributed by atoms with E-state index in [4.69, 9.17) is 19.0 Å². The van der Waals surface area contributed by atoms with Gasteiger partial charge in [-0.05, 0) is 53.4 Å². The minimum atomic E-state index is -0.382. The Balaban J connectivity index is 1.26. The second-order valence-electron chi connectivity index (χ2n) is 9.61. The summed E-state index contributed by atoms with van der Waals surface area (Å²) in [6.45, 7) is 0.0687. The van der Waals surface area contributed by atoms with Gasteiger partial charge in [0, 0.05) is 6.42 Å². The van der Waals surface area contributed by atoms with Crippen LogP contribution in [0.5, 0.6) is 11.5 Å². The molecule has 2 amide bonds. The smallest absolute Gasteiger partial charge is 0.287 e. The average Bonchev–Trinajstić information content (AvgIpc) is 3.89. The number of hydrogen-bond donors (Lipinski definition) is 1. The van der Waals surface area contributed by atoms with Crippen LogP contribution in [0.25, 0.3) is 5.69 Å². The number of hydrogen-bond acceptors (Lipinski definition) is 10. The van der Waals surface area contributed by atoms with Crippen LogP contribution in [-0.2, 0) is 11.3 Å². The zero-order valence-corrected chi connectivity index (χ0v) is 25.5. The number of carbonyl (C=O) groups excluding carboxylic acids is 2. The number of thioether (sulfide) groups is 1. The molecule has 0 radical (unpaired) electrons. The lowest BCUT2D eigenvalue weighted by molar-refractivity contribution is -0.130. The lowest BCUT2D eigenvalue weighted by Gasteiger charge is -2.22. The molecule has 2 aromatic carbocycles. The van der Waals surface area contributed by atoms with E-state index in [0.29, 0.717) is 28.8 Å². The number of hydrazone groups is 1. The number of benzene rings is 2. The molecule has 0 spiro atoms. The Bertz CT molecular complexity index is 1770. The number of aromatic nitrogens is 3. The molecule has 1 N–H and O–H groups in total. The van der Waals surface area contributed by atoms with E-state index in [-0.39, 0.29) is 35.9 Å². The predicted octanol–water partition coefficient (Wildman–Crippen LogP) is 5.34. The number of methoxy groups -OCH3 is 2. The van der Waals surface area contributed by atoms with Crippen LogP contribution in [0, 0.1) is 0 Å². The van der Waals surface area contributed by atoms with E-state index in [2.05, 4.69) is 15.5 Å². The van der Waals surface area contributed by atoms with Gasteiger partial charge in [0.2, 0.25) is 0 Å². The first kappa shape index (κ1) is 29.2. The highest BCUT2D eigenvalue weighted by molar-refractivity contribution is 7.99. The van der Waals surface area contributed by atoms with Crippen molar-refractivity contribution in [3.8, 4) is 17.2 Å². The van der Waals surface area contributed by atoms with Crippen LogP contribution >= 0.6 is 23.1 Å². The van der Waals surface area contributed by atoms with E-state index in [0.717, 1.165) is 21.9 Å². The normalized spacial score (nSPS) is 14.4.